The van der Waals surface area contributed by atoms with Crippen molar-refractivity contribution in [3.63, 3.8) is 0 Å². The summed E-state index contributed by atoms with van der Waals surface area (Å²) in [5.41, 5.74) is -0.0689. The van der Waals surface area contributed by atoms with Crippen LogP contribution >= 0.6 is 11.6 Å². The molecular weight excluding hydrogens is 268 g/mol. The highest BCUT2D eigenvalue weighted by molar-refractivity contribution is 6.31. The van der Waals surface area contributed by atoms with Crippen LogP contribution in [0, 0.1) is 10.1 Å². The van der Waals surface area contributed by atoms with Gasteiger partial charge < -0.3 is 10.4 Å². The molecule has 6 heteroatoms. The average Bonchev–Trinajstić information content (AvgIpc) is 2.40. The average molecular weight is 287 g/mol. The van der Waals surface area contributed by atoms with Crippen molar-refractivity contribution in [3.8, 4) is 0 Å². The lowest BCUT2D eigenvalue weighted by Gasteiger charge is -2.25. The molecule has 0 aliphatic carbocycles. The molecule has 0 atom stereocenters. The Hall–Kier alpha value is -1.17. The lowest BCUT2D eigenvalue weighted by molar-refractivity contribution is -0.384. The summed E-state index contributed by atoms with van der Waals surface area (Å²) in [6.07, 6.45) is 1.30. The van der Waals surface area contributed by atoms with Crippen LogP contribution in [0.2, 0.25) is 5.02 Å². The van der Waals surface area contributed by atoms with Crippen LogP contribution in [0.1, 0.15) is 32.3 Å². The minimum atomic E-state index is -0.743. The van der Waals surface area contributed by atoms with Crippen molar-refractivity contribution in [3.05, 3.63) is 38.9 Å². The summed E-state index contributed by atoms with van der Waals surface area (Å²) in [7, 11) is 0. The molecule has 0 aromatic heterocycles. The first-order valence-electron chi connectivity index (χ1n) is 6.27. The molecule has 0 fully saturated rings. The predicted octanol–water partition coefficient (Wildman–Crippen LogP) is 2.89. The van der Waals surface area contributed by atoms with Crippen molar-refractivity contribution in [1.82, 2.24) is 5.32 Å². The summed E-state index contributed by atoms with van der Waals surface area (Å²) >= 11 is 5.99. The third-order valence-corrected chi connectivity index (χ3v) is 3.69. The second-order valence-electron chi connectivity index (χ2n) is 4.57. The van der Waals surface area contributed by atoms with E-state index in [1.807, 2.05) is 13.8 Å². The number of benzene rings is 1. The highest BCUT2D eigenvalue weighted by atomic mass is 35.5. The maximum atomic E-state index is 10.7. The number of nitrogens with one attached hydrogen (secondary N) is 1. The van der Waals surface area contributed by atoms with Gasteiger partial charge in [0.1, 0.15) is 0 Å². The normalized spacial score (nSPS) is 11.6. The zero-order chi connectivity index (χ0) is 14.5. The number of hydrogen-bond acceptors (Lipinski definition) is 4. The van der Waals surface area contributed by atoms with E-state index in [0.29, 0.717) is 36.5 Å². The molecule has 1 aromatic rings. The summed E-state index contributed by atoms with van der Waals surface area (Å²) < 4.78 is 0. The molecule has 0 heterocycles. The van der Waals surface area contributed by atoms with Crippen molar-refractivity contribution in [2.24, 2.45) is 0 Å². The van der Waals surface area contributed by atoms with Gasteiger partial charge in [-0.05, 0) is 24.5 Å². The Labute approximate surface area is 117 Å². The van der Waals surface area contributed by atoms with Crippen LogP contribution in [0.5, 0.6) is 0 Å². The molecular formula is C13H19ClN2O3. The van der Waals surface area contributed by atoms with Crippen LogP contribution in [0.3, 0.4) is 0 Å². The lowest BCUT2D eigenvalue weighted by Crippen LogP contribution is -2.39. The number of nitrogens with zero attached hydrogens (tertiary/aromatic N) is 1. The second kappa shape index (κ2) is 6.84. The standard InChI is InChI=1S/C13H19ClN2O3/c1-3-13(17,4-2)9-15-8-10-7-11(16(18)19)5-6-12(10)14/h5-7,15,17H,3-4,8-9H2,1-2H3. The number of nitro groups is 1. The first kappa shape index (κ1) is 15.9. The van der Waals surface area contributed by atoms with Gasteiger partial charge in [-0.1, -0.05) is 25.4 Å². The fourth-order valence-electron chi connectivity index (χ4n) is 1.74. The summed E-state index contributed by atoms with van der Waals surface area (Å²) in [5.74, 6) is 0. The van der Waals surface area contributed by atoms with Gasteiger partial charge in [0.25, 0.3) is 5.69 Å². The first-order chi connectivity index (χ1) is 8.91. The maximum absolute atomic E-state index is 10.7. The molecule has 0 aliphatic heterocycles. The number of non-ortho nitro benzene ring substituents is 1. The Morgan fingerprint density at radius 2 is 2.05 bits per heavy atom. The quantitative estimate of drug-likeness (QED) is 0.597. The first-order valence-corrected chi connectivity index (χ1v) is 6.65. The highest BCUT2D eigenvalue weighted by Gasteiger charge is 2.21. The van der Waals surface area contributed by atoms with Gasteiger partial charge in [0, 0.05) is 30.2 Å². The SMILES string of the molecule is CCC(O)(CC)CNCc1cc([N+](=O)[O-])ccc1Cl. The van der Waals surface area contributed by atoms with E-state index in [2.05, 4.69) is 5.32 Å². The van der Waals surface area contributed by atoms with E-state index in [4.69, 9.17) is 11.6 Å². The van der Waals surface area contributed by atoms with Crippen LogP contribution in [0.4, 0.5) is 5.69 Å². The van der Waals surface area contributed by atoms with E-state index in [0.717, 1.165) is 0 Å². The Morgan fingerprint density at radius 1 is 1.42 bits per heavy atom. The van der Waals surface area contributed by atoms with Gasteiger partial charge in [-0.25, -0.2) is 0 Å². The van der Waals surface area contributed by atoms with Crippen molar-refractivity contribution < 1.29 is 10.0 Å². The molecule has 0 spiro atoms. The zero-order valence-corrected chi connectivity index (χ0v) is 11.9. The maximum Gasteiger partial charge on any atom is 0.269 e. The smallest absolute Gasteiger partial charge is 0.269 e. The van der Waals surface area contributed by atoms with E-state index >= 15 is 0 Å². The summed E-state index contributed by atoms with van der Waals surface area (Å²) in [6.45, 7) is 4.67. The van der Waals surface area contributed by atoms with Crippen molar-refractivity contribution >= 4 is 17.3 Å². The Morgan fingerprint density at radius 3 is 2.58 bits per heavy atom. The van der Waals surface area contributed by atoms with Gasteiger partial charge >= 0.3 is 0 Å². The molecule has 0 saturated heterocycles. The van der Waals surface area contributed by atoms with Gasteiger partial charge in [0.05, 0.1) is 10.5 Å². The molecule has 2 N–H and O–H groups in total. The van der Waals surface area contributed by atoms with Gasteiger partial charge in [-0.2, -0.15) is 0 Å². The molecule has 0 amide bonds. The Bertz CT molecular complexity index is 448. The minimum absolute atomic E-state index is 0.0162. The molecule has 1 aromatic carbocycles. The fourth-order valence-corrected chi connectivity index (χ4v) is 1.92. The molecule has 0 unspecified atom stereocenters. The number of hydrogen-bond donors (Lipinski definition) is 2. The highest BCUT2D eigenvalue weighted by Crippen LogP contribution is 2.22. The molecule has 0 aliphatic rings. The van der Waals surface area contributed by atoms with E-state index in [1.54, 1.807) is 0 Å². The Kier molecular flexibility index (Phi) is 5.72. The molecule has 1 rings (SSSR count). The largest absolute Gasteiger partial charge is 0.389 e. The molecule has 5 nitrogen and oxygen atoms in total. The molecule has 0 bridgehead atoms. The number of rotatable bonds is 7. The van der Waals surface area contributed by atoms with Gasteiger partial charge in [0.2, 0.25) is 0 Å². The van der Waals surface area contributed by atoms with E-state index in [-0.39, 0.29) is 5.69 Å². The van der Waals surface area contributed by atoms with E-state index < -0.39 is 10.5 Å². The van der Waals surface area contributed by atoms with Gasteiger partial charge in [-0.3, -0.25) is 10.1 Å². The topological polar surface area (TPSA) is 75.4 Å². The third-order valence-electron chi connectivity index (χ3n) is 3.33. The van der Waals surface area contributed by atoms with E-state index in [9.17, 15) is 15.2 Å². The van der Waals surface area contributed by atoms with Crippen molar-refractivity contribution in [2.75, 3.05) is 6.54 Å². The lowest BCUT2D eigenvalue weighted by atomic mass is 9.97. The zero-order valence-electron chi connectivity index (χ0n) is 11.1. The van der Waals surface area contributed by atoms with Crippen molar-refractivity contribution in [1.29, 1.82) is 0 Å². The second-order valence-corrected chi connectivity index (χ2v) is 4.98. The predicted molar refractivity (Wildman–Crippen MR) is 75.3 cm³/mol. The monoisotopic (exact) mass is 286 g/mol. The summed E-state index contributed by atoms with van der Waals surface area (Å²) in [5, 5.41) is 24.4. The molecule has 19 heavy (non-hydrogen) atoms. The van der Waals surface area contributed by atoms with Crippen LogP contribution in [-0.4, -0.2) is 22.2 Å². The van der Waals surface area contributed by atoms with E-state index in [1.165, 1.54) is 18.2 Å². The van der Waals surface area contributed by atoms with Gasteiger partial charge in [-0.15, -0.1) is 0 Å². The number of halogens is 1. The summed E-state index contributed by atoms with van der Waals surface area (Å²) in [6, 6.07) is 4.34. The Balaban J connectivity index is 2.67. The third kappa shape index (κ3) is 4.45. The van der Waals surface area contributed by atoms with Crippen LogP contribution in [-0.2, 0) is 6.54 Å². The van der Waals surface area contributed by atoms with Gasteiger partial charge in [0.15, 0.2) is 0 Å². The van der Waals surface area contributed by atoms with Crippen LogP contribution in [0.15, 0.2) is 18.2 Å². The minimum Gasteiger partial charge on any atom is -0.389 e. The molecule has 106 valence electrons. The summed E-state index contributed by atoms with van der Waals surface area (Å²) in [4.78, 5) is 10.2. The fraction of sp³-hybridized carbons (Fsp3) is 0.538. The molecule has 0 saturated carbocycles. The van der Waals surface area contributed by atoms with Crippen LogP contribution in [0.25, 0.3) is 0 Å². The number of aliphatic hydroxyl groups is 1. The molecule has 0 radical (unpaired) electrons. The number of nitro benzene ring substituents is 1. The van der Waals surface area contributed by atoms with Crippen LogP contribution < -0.4 is 5.32 Å². The van der Waals surface area contributed by atoms with Crippen molar-refractivity contribution in [2.45, 2.75) is 38.8 Å².